The molecule has 1 atom stereocenters. The average Bonchev–Trinajstić information content (AvgIpc) is 2.24. The number of nitrogens with zero attached hydrogens (tertiary/aromatic N) is 1. The van der Waals surface area contributed by atoms with Gasteiger partial charge in [0.05, 0.1) is 21.5 Å². The van der Waals surface area contributed by atoms with Crippen LogP contribution in [0.4, 0.5) is 10.1 Å². The van der Waals surface area contributed by atoms with Crippen LogP contribution in [0.3, 0.4) is 0 Å². The third-order valence-corrected chi connectivity index (χ3v) is 4.36. The molecule has 0 aliphatic carbocycles. The fraction of sp³-hybridized carbons (Fsp3) is 0.455. The van der Waals surface area contributed by atoms with Crippen LogP contribution in [-0.2, 0) is 10.0 Å². The monoisotopic (exact) mass is 306 g/mol. The second kappa shape index (κ2) is 5.81. The predicted octanol–water partition coefficient (Wildman–Crippen LogP) is 1.01. The van der Waals surface area contributed by atoms with Gasteiger partial charge in [-0.15, -0.1) is 0 Å². The van der Waals surface area contributed by atoms with Crippen LogP contribution < -0.4 is 4.72 Å². The molecule has 0 saturated carbocycles. The van der Waals surface area contributed by atoms with Crippen molar-refractivity contribution >= 4 is 15.7 Å². The second-order valence-electron chi connectivity index (χ2n) is 4.44. The van der Waals surface area contributed by atoms with Gasteiger partial charge >= 0.3 is 5.69 Å². The van der Waals surface area contributed by atoms with Crippen LogP contribution in [0.25, 0.3) is 0 Å². The van der Waals surface area contributed by atoms with E-state index in [4.69, 9.17) is 5.11 Å². The zero-order chi connectivity index (χ0) is 15.7. The maximum atomic E-state index is 13.5. The summed E-state index contributed by atoms with van der Waals surface area (Å²) in [6, 6.07) is 0.808. The molecular weight excluding hydrogens is 291 g/mol. The summed E-state index contributed by atoms with van der Waals surface area (Å²) in [5, 5.41) is 19.9. The molecule has 0 saturated heterocycles. The number of nitrogens with one attached hydrogen (secondary N) is 1. The number of hydrogen-bond acceptors (Lipinski definition) is 5. The molecule has 1 unspecified atom stereocenters. The summed E-state index contributed by atoms with van der Waals surface area (Å²) in [4.78, 5) is 9.51. The quantitative estimate of drug-likeness (QED) is 0.623. The number of halogens is 1. The SMILES string of the molecule is Cc1cc(F)c([N+](=O)[O-])c(C)c1S(=O)(=O)NCC(C)O. The van der Waals surface area contributed by atoms with E-state index in [9.17, 15) is 22.9 Å². The molecule has 0 aliphatic rings. The van der Waals surface area contributed by atoms with Gasteiger partial charge in [0.1, 0.15) is 0 Å². The van der Waals surface area contributed by atoms with Gasteiger partial charge in [-0.2, -0.15) is 4.39 Å². The van der Waals surface area contributed by atoms with Crippen molar-refractivity contribution in [2.24, 2.45) is 0 Å². The lowest BCUT2D eigenvalue weighted by Crippen LogP contribution is -2.31. The third-order valence-electron chi connectivity index (χ3n) is 2.64. The third kappa shape index (κ3) is 3.30. The van der Waals surface area contributed by atoms with Crippen molar-refractivity contribution in [2.75, 3.05) is 6.54 Å². The Bertz CT molecular complexity index is 643. The molecule has 2 N–H and O–H groups in total. The Morgan fingerprint density at radius 2 is 2.05 bits per heavy atom. The molecule has 1 rings (SSSR count). The number of nitro benzene ring substituents is 1. The molecule has 0 aliphatic heterocycles. The van der Waals surface area contributed by atoms with Crippen LogP contribution in [0, 0.1) is 29.8 Å². The van der Waals surface area contributed by atoms with Crippen molar-refractivity contribution in [3.63, 3.8) is 0 Å². The number of aliphatic hydroxyl groups excluding tert-OH is 1. The van der Waals surface area contributed by atoms with Crippen molar-refractivity contribution in [3.8, 4) is 0 Å². The van der Waals surface area contributed by atoms with Crippen molar-refractivity contribution in [3.05, 3.63) is 33.1 Å². The summed E-state index contributed by atoms with van der Waals surface area (Å²) < 4.78 is 39.9. The fourth-order valence-corrected chi connectivity index (χ4v) is 3.43. The van der Waals surface area contributed by atoms with Gasteiger partial charge in [-0.1, -0.05) is 0 Å². The van der Waals surface area contributed by atoms with Crippen LogP contribution in [0.1, 0.15) is 18.1 Å². The van der Waals surface area contributed by atoms with Gasteiger partial charge in [-0.25, -0.2) is 13.1 Å². The summed E-state index contributed by atoms with van der Waals surface area (Å²) in [6.45, 7) is 3.66. The number of hydrogen-bond donors (Lipinski definition) is 2. The highest BCUT2D eigenvalue weighted by atomic mass is 32.2. The molecule has 0 fully saturated rings. The lowest BCUT2D eigenvalue weighted by molar-refractivity contribution is -0.388. The topological polar surface area (TPSA) is 110 Å². The van der Waals surface area contributed by atoms with Gasteiger partial charge in [0.15, 0.2) is 0 Å². The van der Waals surface area contributed by atoms with Gasteiger partial charge in [0, 0.05) is 6.54 Å². The van der Waals surface area contributed by atoms with Gasteiger partial charge in [-0.3, -0.25) is 10.1 Å². The highest BCUT2D eigenvalue weighted by Gasteiger charge is 2.29. The summed E-state index contributed by atoms with van der Waals surface area (Å²) in [7, 11) is -4.07. The Morgan fingerprint density at radius 3 is 2.50 bits per heavy atom. The predicted molar refractivity (Wildman–Crippen MR) is 69.4 cm³/mol. The van der Waals surface area contributed by atoms with Crippen LogP contribution in [-0.4, -0.2) is 31.1 Å². The average molecular weight is 306 g/mol. The molecular formula is C11H15FN2O5S. The smallest absolute Gasteiger partial charge is 0.309 e. The van der Waals surface area contributed by atoms with Gasteiger partial charge in [-0.05, 0) is 32.4 Å². The largest absolute Gasteiger partial charge is 0.392 e. The molecule has 1 aromatic carbocycles. The van der Waals surface area contributed by atoms with Crippen molar-refractivity contribution in [2.45, 2.75) is 31.8 Å². The molecule has 0 radical (unpaired) electrons. The first kappa shape index (κ1) is 16.5. The maximum absolute atomic E-state index is 13.5. The number of rotatable bonds is 5. The van der Waals surface area contributed by atoms with Gasteiger partial charge in [0.2, 0.25) is 15.8 Å². The van der Waals surface area contributed by atoms with E-state index < -0.39 is 32.6 Å². The first-order valence-corrected chi connectivity index (χ1v) is 7.18. The first-order chi connectivity index (χ1) is 9.08. The highest BCUT2D eigenvalue weighted by Crippen LogP contribution is 2.30. The summed E-state index contributed by atoms with van der Waals surface area (Å²) >= 11 is 0. The lowest BCUT2D eigenvalue weighted by Gasteiger charge is -2.13. The molecule has 112 valence electrons. The molecule has 9 heteroatoms. The standard InChI is InChI=1S/C11H15FN2O5S/c1-6-4-9(12)10(14(16)17)8(3)11(6)20(18,19)13-5-7(2)15/h4,7,13,15H,5H2,1-3H3. The second-order valence-corrected chi connectivity index (χ2v) is 6.14. The zero-order valence-electron chi connectivity index (χ0n) is 11.2. The summed E-state index contributed by atoms with van der Waals surface area (Å²) in [5.41, 5.74) is -1.08. The van der Waals surface area contributed by atoms with E-state index in [2.05, 4.69) is 4.72 Å². The van der Waals surface area contributed by atoms with E-state index >= 15 is 0 Å². The van der Waals surface area contributed by atoms with Crippen LogP contribution >= 0.6 is 0 Å². The van der Waals surface area contributed by atoms with Gasteiger partial charge in [0.25, 0.3) is 0 Å². The number of aliphatic hydroxyl groups is 1. The summed E-state index contributed by atoms with van der Waals surface area (Å²) in [5.74, 6) is -1.08. The van der Waals surface area contributed by atoms with Crippen molar-refractivity contribution in [1.29, 1.82) is 0 Å². The summed E-state index contributed by atoms with van der Waals surface area (Å²) in [6.07, 6.45) is -0.916. The Morgan fingerprint density at radius 1 is 1.50 bits per heavy atom. The van der Waals surface area contributed by atoms with E-state index in [1.54, 1.807) is 0 Å². The number of nitro groups is 1. The molecule has 0 amide bonds. The van der Waals surface area contributed by atoms with E-state index in [1.807, 2.05) is 0 Å². The number of sulfonamides is 1. The Kier molecular flexibility index (Phi) is 4.79. The molecule has 20 heavy (non-hydrogen) atoms. The van der Waals surface area contributed by atoms with E-state index in [1.165, 1.54) is 20.8 Å². The highest BCUT2D eigenvalue weighted by molar-refractivity contribution is 7.89. The first-order valence-electron chi connectivity index (χ1n) is 5.69. The van der Waals surface area contributed by atoms with Crippen LogP contribution in [0.15, 0.2) is 11.0 Å². The number of aryl methyl sites for hydroxylation is 1. The normalized spacial score (nSPS) is 13.2. The molecule has 0 heterocycles. The number of benzene rings is 1. The van der Waals surface area contributed by atoms with Crippen molar-refractivity contribution < 1.29 is 22.8 Å². The minimum Gasteiger partial charge on any atom is -0.392 e. The minimum absolute atomic E-state index is 0.0590. The molecule has 0 aromatic heterocycles. The lowest BCUT2D eigenvalue weighted by atomic mass is 10.1. The Hall–Kier alpha value is -1.58. The molecule has 0 spiro atoms. The van der Waals surface area contributed by atoms with Crippen LogP contribution in [0.2, 0.25) is 0 Å². The fourth-order valence-electron chi connectivity index (χ4n) is 1.85. The van der Waals surface area contributed by atoms with E-state index in [-0.39, 0.29) is 22.6 Å². The van der Waals surface area contributed by atoms with Gasteiger partial charge < -0.3 is 5.11 Å². The minimum atomic E-state index is -4.07. The Balaban J connectivity index is 3.46. The van der Waals surface area contributed by atoms with E-state index in [0.717, 1.165) is 6.07 Å². The van der Waals surface area contributed by atoms with E-state index in [0.29, 0.717) is 0 Å². The molecule has 0 bridgehead atoms. The zero-order valence-corrected chi connectivity index (χ0v) is 12.0. The Labute approximate surface area is 115 Å². The maximum Gasteiger partial charge on any atom is 0.309 e. The van der Waals surface area contributed by atoms with Crippen molar-refractivity contribution in [1.82, 2.24) is 4.72 Å². The molecule has 7 nitrogen and oxygen atoms in total. The van der Waals surface area contributed by atoms with Crippen LogP contribution in [0.5, 0.6) is 0 Å². The molecule has 1 aromatic rings.